The third-order valence-electron chi connectivity index (χ3n) is 5.10. The number of aromatic nitrogens is 1. The minimum atomic E-state index is -0.578. The van der Waals surface area contributed by atoms with Crippen LogP contribution in [-0.4, -0.2) is 35.4 Å². The second-order valence-corrected chi connectivity index (χ2v) is 7.03. The molecule has 5 nitrogen and oxygen atoms in total. The zero-order valence-corrected chi connectivity index (χ0v) is 15.2. The predicted molar refractivity (Wildman–Crippen MR) is 97.4 cm³/mol. The smallest absolute Gasteiger partial charge is 0.357 e. The molecule has 1 N–H and O–H groups in total. The van der Waals surface area contributed by atoms with Crippen molar-refractivity contribution in [2.45, 2.75) is 44.6 Å². The maximum absolute atomic E-state index is 14.9. The summed E-state index contributed by atoms with van der Waals surface area (Å²) < 4.78 is 25.7. The van der Waals surface area contributed by atoms with Crippen LogP contribution in [-0.2, 0) is 11.2 Å². The van der Waals surface area contributed by atoms with Gasteiger partial charge in [0.2, 0.25) is 5.88 Å². The van der Waals surface area contributed by atoms with Crippen molar-refractivity contribution in [2.24, 2.45) is 0 Å². The molecule has 1 aliphatic heterocycles. The SMILES string of the molecule is CCOC(=O)c1cc(-c2ccc(C3CC3)cc2F)c2c(n1)O[C@@H](CO)CC2. The van der Waals surface area contributed by atoms with Gasteiger partial charge in [0, 0.05) is 11.1 Å². The summed E-state index contributed by atoms with van der Waals surface area (Å²) in [7, 11) is 0. The highest BCUT2D eigenvalue weighted by atomic mass is 19.1. The Morgan fingerprint density at radius 2 is 2.11 bits per heavy atom. The maximum Gasteiger partial charge on any atom is 0.357 e. The first-order valence-electron chi connectivity index (χ1n) is 9.39. The first kappa shape index (κ1) is 17.9. The van der Waals surface area contributed by atoms with E-state index in [1.54, 1.807) is 25.1 Å². The minimum absolute atomic E-state index is 0.0786. The Bertz CT molecular complexity index is 879. The molecule has 27 heavy (non-hydrogen) atoms. The normalized spacial score (nSPS) is 18.6. The molecule has 0 bridgehead atoms. The van der Waals surface area contributed by atoms with E-state index < -0.39 is 5.97 Å². The lowest BCUT2D eigenvalue weighted by Crippen LogP contribution is -2.27. The highest BCUT2D eigenvalue weighted by Crippen LogP contribution is 2.42. The van der Waals surface area contributed by atoms with Gasteiger partial charge in [-0.2, -0.15) is 0 Å². The fourth-order valence-electron chi connectivity index (χ4n) is 3.51. The van der Waals surface area contributed by atoms with Crippen molar-refractivity contribution in [1.29, 1.82) is 0 Å². The van der Waals surface area contributed by atoms with E-state index in [1.807, 2.05) is 6.07 Å². The molecule has 1 aliphatic carbocycles. The number of ether oxygens (including phenoxy) is 2. The van der Waals surface area contributed by atoms with Crippen LogP contribution in [0.2, 0.25) is 0 Å². The van der Waals surface area contributed by atoms with Crippen LogP contribution >= 0.6 is 0 Å². The van der Waals surface area contributed by atoms with Gasteiger partial charge < -0.3 is 14.6 Å². The molecule has 1 atom stereocenters. The van der Waals surface area contributed by atoms with Crippen molar-refractivity contribution in [3.05, 3.63) is 46.9 Å². The molecule has 6 heteroatoms. The van der Waals surface area contributed by atoms with Crippen LogP contribution in [0.3, 0.4) is 0 Å². The van der Waals surface area contributed by atoms with Crippen molar-refractivity contribution in [3.63, 3.8) is 0 Å². The number of aliphatic hydroxyl groups is 1. The molecule has 0 saturated heterocycles. The quantitative estimate of drug-likeness (QED) is 0.813. The Hall–Kier alpha value is -2.47. The summed E-state index contributed by atoms with van der Waals surface area (Å²) in [5, 5.41) is 9.39. The number of fused-ring (bicyclic) bond motifs is 1. The summed E-state index contributed by atoms with van der Waals surface area (Å²) in [6.45, 7) is 1.80. The lowest BCUT2D eigenvalue weighted by Gasteiger charge is -2.26. The van der Waals surface area contributed by atoms with Gasteiger partial charge in [-0.25, -0.2) is 14.2 Å². The molecule has 4 rings (SSSR count). The second-order valence-electron chi connectivity index (χ2n) is 7.03. The van der Waals surface area contributed by atoms with Crippen LogP contribution in [0.25, 0.3) is 11.1 Å². The number of carbonyl (C=O) groups is 1. The van der Waals surface area contributed by atoms with Crippen LogP contribution < -0.4 is 4.74 Å². The summed E-state index contributed by atoms with van der Waals surface area (Å²) >= 11 is 0. The number of pyridine rings is 1. The van der Waals surface area contributed by atoms with E-state index in [0.29, 0.717) is 29.9 Å². The number of hydrogen-bond donors (Lipinski definition) is 1. The van der Waals surface area contributed by atoms with Gasteiger partial charge in [-0.15, -0.1) is 0 Å². The van der Waals surface area contributed by atoms with Gasteiger partial charge in [0.1, 0.15) is 11.9 Å². The van der Waals surface area contributed by atoms with Crippen molar-refractivity contribution in [1.82, 2.24) is 4.98 Å². The third-order valence-corrected chi connectivity index (χ3v) is 5.10. The van der Waals surface area contributed by atoms with Gasteiger partial charge in [0.25, 0.3) is 0 Å². The van der Waals surface area contributed by atoms with Gasteiger partial charge in [-0.3, -0.25) is 0 Å². The average molecular weight is 371 g/mol. The minimum Gasteiger partial charge on any atom is -0.472 e. The van der Waals surface area contributed by atoms with Gasteiger partial charge in [-0.05, 0) is 61.8 Å². The van der Waals surface area contributed by atoms with E-state index in [4.69, 9.17) is 9.47 Å². The van der Waals surface area contributed by atoms with Crippen LogP contribution in [0, 0.1) is 5.82 Å². The second kappa shape index (κ2) is 7.27. The highest BCUT2D eigenvalue weighted by Gasteiger charge is 2.28. The molecule has 2 aliphatic rings. The van der Waals surface area contributed by atoms with Crippen molar-refractivity contribution in [3.8, 4) is 17.0 Å². The molecule has 2 aromatic rings. The lowest BCUT2D eigenvalue weighted by atomic mass is 9.93. The maximum atomic E-state index is 14.9. The number of carbonyl (C=O) groups excluding carboxylic acids is 1. The average Bonchev–Trinajstić information content (AvgIpc) is 3.52. The number of esters is 1. The van der Waals surface area contributed by atoms with Crippen molar-refractivity contribution < 1.29 is 23.8 Å². The molecule has 142 valence electrons. The topological polar surface area (TPSA) is 68.7 Å². The van der Waals surface area contributed by atoms with Crippen LogP contribution in [0.1, 0.15) is 53.7 Å². The first-order chi connectivity index (χ1) is 13.1. The van der Waals surface area contributed by atoms with Crippen molar-refractivity contribution in [2.75, 3.05) is 13.2 Å². The highest BCUT2D eigenvalue weighted by molar-refractivity contribution is 5.90. The van der Waals surface area contributed by atoms with Crippen LogP contribution in [0.15, 0.2) is 24.3 Å². The number of nitrogens with zero attached hydrogens (tertiary/aromatic N) is 1. The van der Waals surface area contributed by atoms with Gasteiger partial charge in [0.15, 0.2) is 5.69 Å². The molecule has 1 aromatic carbocycles. The van der Waals surface area contributed by atoms with E-state index in [0.717, 1.165) is 24.0 Å². The summed E-state index contributed by atoms with van der Waals surface area (Å²) in [5.74, 6) is -0.159. The summed E-state index contributed by atoms with van der Waals surface area (Å²) in [6, 6.07) is 6.89. The molecule has 1 aromatic heterocycles. The number of hydrogen-bond acceptors (Lipinski definition) is 5. The standard InChI is InChI=1S/C21H22FNO4/c1-2-26-21(25)19-10-17(16-8-6-14(11-24)27-20(16)23-19)15-7-5-13(9-18(15)22)12-3-4-12/h5,7,9-10,12,14,24H,2-4,6,8,11H2,1H3/t14-/m1/s1. The lowest BCUT2D eigenvalue weighted by molar-refractivity contribution is 0.0514. The Kier molecular flexibility index (Phi) is 4.83. The predicted octanol–water partition coefficient (Wildman–Crippen LogP) is 3.63. The van der Waals surface area contributed by atoms with Gasteiger partial charge in [-0.1, -0.05) is 12.1 Å². The summed E-state index contributed by atoms with van der Waals surface area (Å²) in [4.78, 5) is 16.5. The Morgan fingerprint density at radius 1 is 1.30 bits per heavy atom. The molecule has 0 spiro atoms. The van der Waals surface area contributed by atoms with Crippen LogP contribution in [0.5, 0.6) is 5.88 Å². The Balaban J connectivity index is 1.81. The van der Waals surface area contributed by atoms with E-state index in [-0.39, 0.29) is 36.7 Å². The monoisotopic (exact) mass is 371 g/mol. The molecular weight excluding hydrogens is 349 g/mol. The zero-order valence-electron chi connectivity index (χ0n) is 15.2. The Morgan fingerprint density at radius 3 is 2.78 bits per heavy atom. The first-order valence-corrected chi connectivity index (χ1v) is 9.39. The summed E-state index contributed by atoms with van der Waals surface area (Å²) in [6.07, 6.45) is 3.03. The largest absolute Gasteiger partial charge is 0.472 e. The molecular formula is C21H22FNO4. The molecule has 0 amide bonds. The molecule has 1 fully saturated rings. The van der Waals surface area contributed by atoms with Crippen molar-refractivity contribution >= 4 is 5.97 Å². The number of rotatable bonds is 5. The zero-order chi connectivity index (χ0) is 19.0. The summed E-state index contributed by atoms with van der Waals surface area (Å²) in [5.41, 5.74) is 2.87. The molecule has 1 saturated carbocycles. The number of benzene rings is 1. The van der Waals surface area contributed by atoms with Crippen LogP contribution in [0.4, 0.5) is 4.39 Å². The Labute approximate surface area is 157 Å². The van der Waals surface area contributed by atoms with E-state index in [2.05, 4.69) is 4.98 Å². The number of aliphatic hydroxyl groups excluding tert-OH is 1. The molecule has 0 unspecified atom stereocenters. The van der Waals surface area contributed by atoms with E-state index in [1.165, 1.54) is 0 Å². The van der Waals surface area contributed by atoms with Gasteiger partial charge >= 0.3 is 5.97 Å². The molecule has 2 heterocycles. The number of halogens is 1. The fraction of sp³-hybridized carbons (Fsp3) is 0.429. The molecule has 0 radical (unpaired) electrons. The fourth-order valence-corrected chi connectivity index (χ4v) is 3.51. The third kappa shape index (κ3) is 3.54. The van der Waals surface area contributed by atoms with E-state index >= 15 is 0 Å². The van der Waals surface area contributed by atoms with Gasteiger partial charge in [0.05, 0.1) is 13.2 Å². The van der Waals surface area contributed by atoms with E-state index in [9.17, 15) is 14.3 Å².